The summed E-state index contributed by atoms with van der Waals surface area (Å²) in [6.45, 7) is 2.90. The maximum Gasteiger partial charge on any atom is 0.416 e. The normalized spacial score (nSPS) is 14.1. The molecule has 1 rings (SSSR count). The average Bonchev–Trinajstić information content (AvgIpc) is 2.01. The smallest absolute Gasteiger partial charge is 0.389 e. The van der Waals surface area contributed by atoms with Crippen LogP contribution in [-0.2, 0) is 6.18 Å². The summed E-state index contributed by atoms with van der Waals surface area (Å²) in [6.07, 6.45) is -5.51. The van der Waals surface area contributed by atoms with Crippen molar-refractivity contribution in [1.29, 1.82) is 0 Å². The lowest BCUT2D eigenvalue weighted by atomic mass is 10.0. The SMILES string of the molecule is Cc1ccc(C(C)O)c(C(F)(F)F)c1. The topological polar surface area (TPSA) is 20.2 Å². The van der Waals surface area contributed by atoms with E-state index in [1.165, 1.54) is 13.0 Å². The molecule has 0 aliphatic heterocycles. The van der Waals surface area contributed by atoms with Crippen LogP contribution >= 0.6 is 0 Å². The van der Waals surface area contributed by atoms with Crippen molar-refractivity contribution in [3.8, 4) is 0 Å². The molecular formula is C10H11F3O. The van der Waals surface area contributed by atoms with E-state index in [4.69, 9.17) is 5.11 Å². The molecule has 14 heavy (non-hydrogen) atoms. The fourth-order valence-corrected chi connectivity index (χ4v) is 1.28. The van der Waals surface area contributed by atoms with E-state index in [1.807, 2.05) is 0 Å². The molecule has 0 radical (unpaired) electrons. The Labute approximate surface area is 80.2 Å². The summed E-state index contributed by atoms with van der Waals surface area (Å²) in [7, 11) is 0. The van der Waals surface area contributed by atoms with Gasteiger partial charge in [-0.1, -0.05) is 17.7 Å². The second-order valence-corrected chi connectivity index (χ2v) is 3.26. The molecule has 0 aliphatic rings. The van der Waals surface area contributed by atoms with E-state index in [0.29, 0.717) is 5.56 Å². The van der Waals surface area contributed by atoms with Crippen LogP contribution in [0.1, 0.15) is 29.7 Å². The molecule has 0 saturated carbocycles. The predicted octanol–water partition coefficient (Wildman–Crippen LogP) is 3.07. The molecule has 0 spiro atoms. The Morgan fingerprint density at radius 3 is 2.29 bits per heavy atom. The predicted molar refractivity (Wildman–Crippen MR) is 46.8 cm³/mol. The molecule has 0 aromatic heterocycles. The number of aliphatic hydroxyl groups excluding tert-OH is 1. The molecule has 1 unspecified atom stereocenters. The Kier molecular flexibility index (Phi) is 2.85. The molecule has 0 aliphatic carbocycles. The minimum Gasteiger partial charge on any atom is -0.389 e. The van der Waals surface area contributed by atoms with Crippen LogP contribution < -0.4 is 0 Å². The fourth-order valence-electron chi connectivity index (χ4n) is 1.28. The second kappa shape index (κ2) is 3.61. The van der Waals surface area contributed by atoms with E-state index < -0.39 is 17.8 Å². The summed E-state index contributed by atoms with van der Waals surface area (Å²) in [5.41, 5.74) is -0.308. The maximum atomic E-state index is 12.5. The van der Waals surface area contributed by atoms with Crippen LogP contribution in [0.15, 0.2) is 18.2 Å². The van der Waals surface area contributed by atoms with Crippen molar-refractivity contribution in [2.24, 2.45) is 0 Å². The number of benzene rings is 1. The molecule has 0 amide bonds. The second-order valence-electron chi connectivity index (χ2n) is 3.26. The lowest BCUT2D eigenvalue weighted by Crippen LogP contribution is -2.11. The fraction of sp³-hybridized carbons (Fsp3) is 0.400. The molecule has 4 heteroatoms. The zero-order chi connectivity index (χ0) is 10.9. The molecule has 0 bridgehead atoms. The van der Waals surface area contributed by atoms with Crippen LogP contribution in [-0.4, -0.2) is 5.11 Å². The van der Waals surface area contributed by atoms with E-state index in [0.717, 1.165) is 6.07 Å². The summed E-state index contributed by atoms with van der Waals surface area (Å²) >= 11 is 0. The molecule has 0 fully saturated rings. The molecule has 1 nitrogen and oxygen atoms in total. The van der Waals surface area contributed by atoms with Crippen LogP contribution in [0, 0.1) is 6.92 Å². The summed E-state index contributed by atoms with van der Waals surface area (Å²) in [4.78, 5) is 0. The molecule has 1 N–H and O–H groups in total. The first kappa shape index (κ1) is 11.0. The van der Waals surface area contributed by atoms with E-state index in [9.17, 15) is 13.2 Å². The van der Waals surface area contributed by atoms with Gasteiger partial charge in [-0.05, 0) is 25.5 Å². The van der Waals surface area contributed by atoms with Gasteiger partial charge >= 0.3 is 6.18 Å². The minimum atomic E-state index is -4.40. The molecule has 1 atom stereocenters. The third-order valence-corrected chi connectivity index (χ3v) is 1.96. The highest BCUT2D eigenvalue weighted by Gasteiger charge is 2.34. The van der Waals surface area contributed by atoms with Crippen LogP contribution in [0.2, 0.25) is 0 Å². The molecule has 1 aromatic carbocycles. The minimum absolute atomic E-state index is 0.0805. The Morgan fingerprint density at radius 1 is 1.29 bits per heavy atom. The van der Waals surface area contributed by atoms with Gasteiger partial charge in [0.05, 0.1) is 11.7 Å². The number of aryl methyl sites for hydroxylation is 1. The number of hydrogen-bond acceptors (Lipinski definition) is 1. The monoisotopic (exact) mass is 204 g/mol. The lowest BCUT2D eigenvalue weighted by molar-refractivity contribution is -0.139. The molecular weight excluding hydrogens is 193 g/mol. The standard InChI is InChI=1S/C10H11F3O/c1-6-3-4-8(7(2)14)9(5-6)10(11,12)13/h3-5,7,14H,1-2H3. The van der Waals surface area contributed by atoms with Gasteiger partial charge in [0.1, 0.15) is 0 Å². The number of alkyl halides is 3. The van der Waals surface area contributed by atoms with Gasteiger partial charge < -0.3 is 5.11 Å². The van der Waals surface area contributed by atoms with Gasteiger partial charge in [0, 0.05) is 0 Å². The Balaban J connectivity index is 3.30. The third kappa shape index (κ3) is 2.26. The Morgan fingerprint density at radius 2 is 1.86 bits per heavy atom. The van der Waals surface area contributed by atoms with E-state index in [2.05, 4.69) is 0 Å². The summed E-state index contributed by atoms with van der Waals surface area (Å²) < 4.78 is 37.4. The largest absolute Gasteiger partial charge is 0.416 e. The van der Waals surface area contributed by atoms with Gasteiger partial charge in [-0.3, -0.25) is 0 Å². The van der Waals surface area contributed by atoms with Crippen molar-refractivity contribution in [3.63, 3.8) is 0 Å². The molecule has 0 heterocycles. The van der Waals surface area contributed by atoms with Crippen LogP contribution in [0.3, 0.4) is 0 Å². The van der Waals surface area contributed by atoms with Crippen LogP contribution in [0.25, 0.3) is 0 Å². The van der Waals surface area contributed by atoms with Gasteiger partial charge in [-0.15, -0.1) is 0 Å². The van der Waals surface area contributed by atoms with E-state index in [-0.39, 0.29) is 5.56 Å². The first-order valence-electron chi connectivity index (χ1n) is 4.18. The van der Waals surface area contributed by atoms with Crippen molar-refractivity contribution >= 4 is 0 Å². The number of hydrogen-bond donors (Lipinski definition) is 1. The lowest BCUT2D eigenvalue weighted by Gasteiger charge is -2.15. The van der Waals surface area contributed by atoms with Crippen molar-refractivity contribution in [2.75, 3.05) is 0 Å². The van der Waals surface area contributed by atoms with Gasteiger partial charge in [0.15, 0.2) is 0 Å². The average molecular weight is 204 g/mol. The first-order valence-corrected chi connectivity index (χ1v) is 4.18. The van der Waals surface area contributed by atoms with Crippen molar-refractivity contribution in [3.05, 3.63) is 34.9 Å². The van der Waals surface area contributed by atoms with Crippen LogP contribution in [0.5, 0.6) is 0 Å². The maximum absolute atomic E-state index is 12.5. The quantitative estimate of drug-likeness (QED) is 0.745. The van der Waals surface area contributed by atoms with Gasteiger partial charge in [-0.2, -0.15) is 13.2 Å². The molecule has 78 valence electrons. The van der Waals surface area contributed by atoms with Crippen LogP contribution in [0.4, 0.5) is 13.2 Å². The van der Waals surface area contributed by atoms with Crippen molar-refractivity contribution in [1.82, 2.24) is 0 Å². The van der Waals surface area contributed by atoms with Gasteiger partial charge in [0.2, 0.25) is 0 Å². The zero-order valence-electron chi connectivity index (χ0n) is 7.89. The van der Waals surface area contributed by atoms with E-state index in [1.54, 1.807) is 13.0 Å². The zero-order valence-corrected chi connectivity index (χ0v) is 7.89. The number of halogens is 3. The third-order valence-electron chi connectivity index (χ3n) is 1.96. The van der Waals surface area contributed by atoms with E-state index >= 15 is 0 Å². The number of aliphatic hydroxyl groups is 1. The molecule has 0 saturated heterocycles. The van der Waals surface area contributed by atoms with Crippen molar-refractivity contribution in [2.45, 2.75) is 26.1 Å². The Hall–Kier alpha value is -1.03. The Bertz CT molecular complexity index is 329. The van der Waals surface area contributed by atoms with Gasteiger partial charge in [-0.25, -0.2) is 0 Å². The summed E-state index contributed by atoms with van der Waals surface area (Å²) in [5.74, 6) is 0. The highest BCUT2D eigenvalue weighted by atomic mass is 19.4. The molecule has 1 aromatic rings. The highest BCUT2D eigenvalue weighted by molar-refractivity contribution is 5.34. The van der Waals surface area contributed by atoms with Crippen molar-refractivity contribution < 1.29 is 18.3 Å². The number of rotatable bonds is 1. The summed E-state index contributed by atoms with van der Waals surface area (Å²) in [6, 6.07) is 3.90. The first-order chi connectivity index (χ1) is 6.32. The highest BCUT2D eigenvalue weighted by Crippen LogP contribution is 2.35. The van der Waals surface area contributed by atoms with Gasteiger partial charge in [0.25, 0.3) is 0 Å². The summed E-state index contributed by atoms with van der Waals surface area (Å²) in [5, 5.41) is 9.16.